The number of nitrogens with zero attached hydrogens (tertiary/aromatic N) is 1. The smallest absolute Gasteiger partial charge is 0.330 e. The SMILES string of the molecule is CC/C=C/C(=O)OCC(=O)N(C)Cc1ccc(OCc2ccccc2)c(OC)c1. The van der Waals surface area contributed by atoms with Gasteiger partial charge >= 0.3 is 5.97 Å². The zero-order valence-corrected chi connectivity index (χ0v) is 17.1. The van der Waals surface area contributed by atoms with Crippen molar-refractivity contribution in [1.29, 1.82) is 0 Å². The lowest BCUT2D eigenvalue weighted by Gasteiger charge is -2.18. The summed E-state index contributed by atoms with van der Waals surface area (Å²) in [6.07, 6.45) is 3.74. The second kappa shape index (κ2) is 11.5. The third kappa shape index (κ3) is 7.33. The van der Waals surface area contributed by atoms with Gasteiger partial charge in [0, 0.05) is 19.7 Å². The van der Waals surface area contributed by atoms with E-state index in [1.807, 2.05) is 55.5 Å². The molecule has 0 fully saturated rings. The molecule has 6 nitrogen and oxygen atoms in total. The van der Waals surface area contributed by atoms with Crippen LogP contribution in [0.15, 0.2) is 60.7 Å². The molecular weight excluding hydrogens is 370 g/mol. The molecular formula is C23H27NO5. The number of hydrogen-bond acceptors (Lipinski definition) is 5. The van der Waals surface area contributed by atoms with E-state index in [1.54, 1.807) is 20.2 Å². The lowest BCUT2D eigenvalue weighted by atomic mass is 10.2. The van der Waals surface area contributed by atoms with Crippen molar-refractivity contribution in [1.82, 2.24) is 4.90 Å². The highest BCUT2D eigenvalue weighted by Gasteiger charge is 2.13. The minimum Gasteiger partial charge on any atom is -0.493 e. The molecule has 0 aliphatic carbocycles. The number of carbonyl (C=O) groups excluding carboxylic acids is 2. The zero-order valence-electron chi connectivity index (χ0n) is 17.1. The van der Waals surface area contributed by atoms with Gasteiger partial charge in [0.15, 0.2) is 18.1 Å². The Morgan fingerprint density at radius 3 is 2.48 bits per heavy atom. The van der Waals surface area contributed by atoms with Gasteiger partial charge in [0.25, 0.3) is 5.91 Å². The number of amides is 1. The van der Waals surface area contributed by atoms with Crippen LogP contribution in [0.3, 0.4) is 0 Å². The van der Waals surface area contributed by atoms with Gasteiger partial charge in [-0.1, -0.05) is 49.4 Å². The molecule has 0 aliphatic heterocycles. The van der Waals surface area contributed by atoms with Crippen molar-refractivity contribution < 1.29 is 23.8 Å². The van der Waals surface area contributed by atoms with Gasteiger partial charge in [-0.15, -0.1) is 0 Å². The fourth-order valence-electron chi connectivity index (χ4n) is 2.53. The van der Waals surface area contributed by atoms with E-state index in [0.29, 0.717) is 24.7 Å². The Kier molecular flexibility index (Phi) is 8.76. The molecule has 154 valence electrons. The summed E-state index contributed by atoms with van der Waals surface area (Å²) in [6, 6.07) is 15.4. The van der Waals surface area contributed by atoms with Crippen molar-refractivity contribution in [2.75, 3.05) is 20.8 Å². The predicted octanol–water partition coefficient (Wildman–Crippen LogP) is 3.74. The average molecular weight is 397 g/mol. The lowest BCUT2D eigenvalue weighted by molar-refractivity contribution is -0.147. The van der Waals surface area contributed by atoms with Crippen molar-refractivity contribution >= 4 is 11.9 Å². The van der Waals surface area contributed by atoms with Crippen molar-refractivity contribution in [3.05, 3.63) is 71.8 Å². The highest BCUT2D eigenvalue weighted by molar-refractivity contribution is 5.85. The number of methoxy groups -OCH3 is 1. The number of esters is 1. The largest absolute Gasteiger partial charge is 0.493 e. The molecule has 0 saturated carbocycles. The van der Waals surface area contributed by atoms with Crippen molar-refractivity contribution in [3.63, 3.8) is 0 Å². The standard InChI is InChI=1S/C23H27NO5/c1-4-5-11-23(26)29-17-22(25)24(2)15-19-12-13-20(21(14-19)27-3)28-16-18-9-7-6-8-10-18/h5-14H,4,15-17H2,1-3H3/b11-5+. The van der Waals surface area contributed by atoms with Gasteiger partial charge in [-0.25, -0.2) is 4.79 Å². The number of likely N-dealkylation sites (N-methyl/N-ethyl adjacent to an activating group) is 1. The van der Waals surface area contributed by atoms with Gasteiger partial charge in [0.05, 0.1) is 7.11 Å². The molecule has 6 heteroatoms. The Bertz CT molecular complexity index is 832. The maximum Gasteiger partial charge on any atom is 0.330 e. The van der Waals surface area contributed by atoms with E-state index in [-0.39, 0.29) is 12.5 Å². The zero-order chi connectivity index (χ0) is 21.1. The van der Waals surface area contributed by atoms with E-state index in [4.69, 9.17) is 14.2 Å². The van der Waals surface area contributed by atoms with Gasteiger partial charge in [-0.05, 0) is 29.7 Å². The molecule has 0 heterocycles. The Morgan fingerprint density at radius 2 is 1.79 bits per heavy atom. The number of hydrogen-bond donors (Lipinski definition) is 0. The van der Waals surface area contributed by atoms with E-state index in [1.165, 1.54) is 11.0 Å². The number of allylic oxidation sites excluding steroid dienone is 1. The predicted molar refractivity (Wildman–Crippen MR) is 111 cm³/mol. The van der Waals surface area contributed by atoms with Crippen LogP contribution in [0.25, 0.3) is 0 Å². The molecule has 2 aromatic carbocycles. The van der Waals surface area contributed by atoms with Crippen LogP contribution in [0.2, 0.25) is 0 Å². The molecule has 0 atom stereocenters. The highest BCUT2D eigenvalue weighted by Crippen LogP contribution is 2.29. The first-order valence-corrected chi connectivity index (χ1v) is 9.44. The molecule has 0 saturated heterocycles. The van der Waals surface area contributed by atoms with Gasteiger partial charge < -0.3 is 19.1 Å². The maximum absolute atomic E-state index is 12.2. The fourth-order valence-corrected chi connectivity index (χ4v) is 2.53. The molecule has 1 amide bonds. The summed E-state index contributed by atoms with van der Waals surface area (Å²) in [6.45, 7) is 2.41. The summed E-state index contributed by atoms with van der Waals surface area (Å²) in [7, 11) is 3.23. The normalized spacial score (nSPS) is 10.6. The molecule has 0 unspecified atom stereocenters. The molecule has 29 heavy (non-hydrogen) atoms. The monoisotopic (exact) mass is 397 g/mol. The Hall–Kier alpha value is -3.28. The number of benzene rings is 2. The van der Waals surface area contributed by atoms with Crippen LogP contribution in [-0.2, 0) is 27.5 Å². The molecule has 2 rings (SSSR count). The van der Waals surface area contributed by atoms with Crippen molar-refractivity contribution in [3.8, 4) is 11.5 Å². The second-order valence-corrected chi connectivity index (χ2v) is 6.43. The summed E-state index contributed by atoms with van der Waals surface area (Å²) in [5.74, 6) is 0.419. The van der Waals surface area contributed by atoms with Crippen LogP contribution < -0.4 is 9.47 Å². The van der Waals surface area contributed by atoms with Crippen LogP contribution in [0.5, 0.6) is 11.5 Å². The third-order valence-electron chi connectivity index (χ3n) is 4.14. The van der Waals surface area contributed by atoms with Gasteiger partial charge in [0.2, 0.25) is 0 Å². The van der Waals surface area contributed by atoms with Crippen molar-refractivity contribution in [2.45, 2.75) is 26.5 Å². The Labute approximate surface area is 171 Å². The molecule has 0 aliphatic rings. The first-order chi connectivity index (χ1) is 14.0. The minimum absolute atomic E-state index is 0.286. The van der Waals surface area contributed by atoms with Crippen LogP contribution in [-0.4, -0.2) is 37.5 Å². The molecule has 0 aromatic heterocycles. The van der Waals surface area contributed by atoms with Gasteiger partial charge in [-0.2, -0.15) is 0 Å². The molecule has 0 radical (unpaired) electrons. The van der Waals surface area contributed by atoms with E-state index in [9.17, 15) is 9.59 Å². The van der Waals surface area contributed by atoms with Crippen molar-refractivity contribution in [2.24, 2.45) is 0 Å². The average Bonchev–Trinajstić information content (AvgIpc) is 2.75. The topological polar surface area (TPSA) is 65.1 Å². The first-order valence-electron chi connectivity index (χ1n) is 9.44. The quantitative estimate of drug-likeness (QED) is 0.451. The highest BCUT2D eigenvalue weighted by atomic mass is 16.5. The summed E-state index contributed by atoms with van der Waals surface area (Å²) in [5, 5.41) is 0. The van der Waals surface area contributed by atoms with E-state index >= 15 is 0 Å². The second-order valence-electron chi connectivity index (χ2n) is 6.43. The van der Waals surface area contributed by atoms with Gasteiger partial charge in [-0.3, -0.25) is 4.79 Å². The summed E-state index contributed by atoms with van der Waals surface area (Å²) in [4.78, 5) is 25.1. The molecule has 2 aromatic rings. The molecule has 0 spiro atoms. The lowest BCUT2D eigenvalue weighted by Crippen LogP contribution is -2.30. The van der Waals surface area contributed by atoms with Gasteiger partial charge in [0.1, 0.15) is 6.61 Å². The minimum atomic E-state index is -0.518. The van der Waals surface area contributed by atoms with E-state index in [2.05, 4.69) is 0 Å². The number of ether oxygens (including phenoxy) is 3. The van der Waals surface area contributed by atoms with Crippen LogP contribution in [0, 0.1) is 0 Å². The molecule has 0 bridgehead atoms. The van der Waals surface area contributed by atoms with Crippen LogP contribution >= 0.6 is 0 Å². The number of rotatable bonds is 10. The maximum atomic E-state index is 12.2. The summed E-state index contributed by atoms with van der Waals surface area (Å²) in [5.41, 5.74) is 1.94. The molecule has 0 N–H and O–H groups in total. The first kappa shape index (κ1) is 22.0. The van der Waals surface area contributed by atoms with Crippen LogP contribution in [0.4, 0.5) is 0 Å². The fraction of sp³-hybridized carbons (Fsp3) is 0.304. The Morgan fingerprint density at radius 1 is 1.03 bits per heavy atom. The van der Waals surface area contributed by atoms with Crippen LogP contribution in [0.1, 0.15) is 24.5 Å². The summed E-state index contributed by atoms with van der Waals surface area (Å²) >= 11 is 0. The number of carbonyl (C=O) groups is 2. The Balaban J connectivity index is 1.92. The third-order valence-corrected chi connectivity index (χ3v) is 4.14. The van der Waals surface area contributed by atoms with E-state index in [0.717, 1.165) is 17.5 Å². The summed E-state index contributed by atoms with van der Waals surface area (Å²) < 4.78 is 16.2. The van der Waals surface area contributed by atoms with E-state index < -0.39 is 5.97 Å².